The summed E-state index contributed by atoms with van der Waals surface area (Å²) >= 11 is 3.32. The third-order valence-electron chi connectivity index (χ3n) is 6.72. The molecule has 1 aliphatic rings. The maximum Gasteiger partial charge on any atom is 0.326 e. The van der Waals surface area contributed by atoms with Crippen LogP contribution in [-0.2, 0) is 36.8 Å². The molecule has 41 heavy (non-hydrogen) atoms. The monoisotopic (exact) mass is 631 g/mol. The van der Waals surface area contributed by atoms with Crippen LogP contribution in [0.4, 0.5) is 0 Å². The minimum absolute atomic E-state index is 0.0433. The Morgan fingerprint density at radius 3 is 2.15 bits per heavy atom. The molecular weight excluding hydrogens is 598 g/mol. The average Bonchev–Trinajstić information content (AvgIpc) is 3.46. The molecule has 12 nitrogen and oxygen atoms in total. The first-order valence-electron chi connectivity index (χ1n) is 13.2. The van der Waals surface area contributed by atoms with Crippen LogP contribution in [0.5, 0.6) is 0 Å². The van der Waals surface area contributed by atoms with E-state index in [2.05, 4.69) is 31.9 Å². The molecule has 0 radical (unpaired) electrons. The number of nitrogens with one attached hydrogen (secondary N) is 3. The van der Waals surface area contributed by atoms with Crippen LogP contribution in [0, 0.1) is 0 Å². The number of nitrogens with zero attached hydrogens (tertiary/aromatic N) is 1. The lowest BCUT2D eigenvalue weighted by atomic mass is 10.0. The van der Waals surface area contributed by atoms with Gasteiger partial charge in [0.05, 0.1) is 13.2 Å². The van der Waals surface area contributed by atoms with Gasteiger partial charge in [0, 0.05) is 23.9 Å². The number of carbonyl (C=O) groups excluding carboxylic acids is 4. The molecule has 220 valence electrons. The normalized spacial score (nSPS) is 16.8. The van der Waals surface area contributed by atoms with E-state index in [0.29, 0.717) is 12.0 Å². The zero-order valence-corrected chi connectivity index (χ0v) is 23.9. The van der Waals surface area contributed by atoms with Crippen LogP contribution < -0.4 is 21.7 Å². The average molecular weight is 633 g/mol. The van der Waals surface area contributed by atoms with Crippen molar-refractivity contribution in [2.45, 2.75) is 49.9 Å². The molecule has 0 bridgehead atoms. The van der Waals surface area contributed by atoms with Crippen LogP contribution in [0.1, 0.15) is 24.0 Å². The molecule has 1 aliphatic heterocycles. The van der Waals surface area contributed by atoms with Crippen molar-refractivity contribution in [2.75, 3.05) is 19.7 Å². The Morgan fingerprint density at radius 2 is 1.54 bits per heavy atom. The number of carbonyl (C=O) groups is 5. The predicted octanol–water partition coefficient (Wildman–Crippen LogP) is -0.285. The summed E-state index contributed by atoms with van der Waals surface area (Å²) in [5, 5.41) is 27.2. The van der Waals surface area contributed by atoms with Crippen LogP contribution in [0.2, 0.25) is 0 Å². The molecule has 0 unspecified atom stereocenters. The molecule has 0 aliphatic carbocycles. The fraction of sp³-hybridized carbons (Fsp3) is 0.393. The first-order chi connectivity index (χ1) is 19.6. The Kier molecular flexibility index (Phi) is 11.8. The smallest absolute Gasteiger partial charge is 0.326 e. The molecule has 13 heteroatoms. The number of aliphatic hydroxyl groups excluding tert-OH is 1. The van der Waals surface area contributed by atoms with Crippen LogP contribution >= 0.6 is 15.9 Å². The van der Waals surface area contributed by atoms with E-state index in [1.807, 2.05) is 0 Å². The fourth-order valence-electron chi connectivity index (χ4n) is 4.60. The van der Waals surface area contributed by atoms with E-state index < -0.39 is 60.4 Å². The SMILES string of the molecule is NCC(=O)N[C@@H](Cc1ccccc1)C(=O)N[C@@H](CO)C(=O)N1CCC[C@H]1C(=O)N[C@@H](Cc1ccc(Br)cc1)C(=O)O. The van der Waals surface area contributed by atoms with E-state index in [1.165, 1.54) is 4.90 Å². The number of carboxylic acids is 1. The number of hydrogen-bond acceptors (Lipinski definition) is 7. The molecule has 1 fully saturated rings. The van der Waals surface area contributed by atoms with Gasteiger partial charge in [-0.1, -0.05) is 58.4 Å². The second-order valence-electron chi connectivity index (χ2n) is 9.68. The Bertz CT molecular complexity index is 1230. The lowest BCUT2D eigenvalue weighted by Gasteiger charge is -2.29. The highest BCUT2D eigenvalue weighted by Gasteiger charge is 2.39. The Morgan fingerprint density at radius 1 is 0.902 bits per heavy atom. The molecule has 1 heterocycles. The first-order valence-corrected chi connectivity index (χ1v) is 13.9. The molecule has 3 rings (SSSR count). The van der Waals surface area contributed by atoms with Crippen molar-refractivity contribution in [1.82, 2.24) is 20.9 Å². The number of aliphatic carboxylic acids is 1. The van der Waals surface area contributed by atoms with Gasteiger partial charge < -0.3 is 36.8 Å². The number of hydrogen-bond donors (Lipinski definition) is 6. The molecule has 0 saturated carbocycles. The number of benzene rings is 2. The molecule has 2 aromatic rings. The predicted molar refractivity (Wildman–Crippen MR) is 152 cm³/mol. The van der Waals surface area contributed by atoms with Gasteiger partial charge in [-0.15, -0.1) is 0 Å². The zero-order chi connectivity index (χ0) is 29.9. The van der Waals surface area contributed by atoms with Crippen molar-refractivity contribution in [3.8, 4) is 0 Å². The number of likely N-dealkylation sites (tertiary alicyclic amines) is 1. The summed E-state index contributed by atoms with van der Waals surface area (Å²) in [6.07, 6.45) is 0.928. The van der Waals surface area contributed by atoms with E-state index in [4.69, 9.17) is 5.73 Å². The lowest BCUT2D eigenvalue weighted by molar-refractivity contribution is -0.145. The molecule has 7 N–H and O–H groups in total. The molecule has 2 aromatic carbocycles. The molecule has 0 spiro atoms. The van der Waals surface area contributed by atoms with Gasteiger partial charge >= 0.3 is 5.97 Å². The van der Waals surface area contributed by atoms with Crippen molar-refractivity contribution < 1.29 is 34.2 Å². The van der Waals surface area contributed by atoms with Crippen LogP contribution in [0.25, 0.3) is 0 Å². The topological polar surface area (TPSA) is 191 Å². The van der Waals surface area contributed by atoms with Crippen molar-refractivity contribution >= 4 is 45.5 Å². The number of amides is 4. The third-order valence-corrected chi connectivity index (χ3v) is 7.25. The van der Waals surface area contributed by atoms with Crippen LogP contribution in [0.15, 0.2) is 59.1 Å². The number of rotatable bonds is 13. The van der Waals surface area contributed by atoms with Crippen LogP contribution in [0.3, 0.4) is 0 Å². The van der Waals surface area contributed by atoms with E-state index in [9.17, 15) is 34.2 Å². The second-order valence-corrected chi connectivity index (χ2v) is 10.6. The highest BCUT2D eigenvalue weighted by molar-refractivity contribution is 9.10. The maximum absolute atomic E-state index is 13.4. The van der Waals surface area contributed by atoms with Gasteiger partial charge in [-0.2, -0.15) is 0 Å². The van der Waals surface area contributed by atoms with E-state index in [1.54, 1.807) is 54.6 Å². The standard InChI is InChI=1S/C28H34BrN5O7/c29-19-10-8-18(9-11-19)14-21(28(40)41)32-26(38)23-7-4-12-34(23)27(39)22(16-35)33-25(37)20(31-24(36)15-30)13-17-5-2-1-3-6-17/h1-3,5-6,8-11,20-23,35H,4,7,12-16,30H2,(H,31,36)(H,32,38)(H,33,37)(H,40,41)/t20-,21-,22-,23-/m0/s1. The van der Waals surface area contributed by atoms with Gasteiger partial charge in [-0.05, 0) is 36.1 Å². The fourth-order valence-corrected chi connectivity index (χ4v) is 4.86. The summed E-state index contributed by atoms with van der Waals surface area (Å²) in [5.74, 6) is -3.83. The van der Waals surface area contributed by atoms with Crippen molar-refractivity contribution in [2.24, 2.45) is 5.73 Å². The number of halogens is 1. The van der Waals surface area contributed by atoms with Gasteiger partial charge in [0.1, 0.15) is 24.2 Å². The maximum atomic E-state index is 13.4. The largest absolute Gasteiger partial charge is 0.480 e. The molecule has 0 aromatic heterocycles. The van der Waals surface area contributed by atoms with E-state index in [0.717, 1.165) is 10.0 Å². The van der Waals surface area contributed by atoms with Gasteiger partial charge in [0.2, 0.25) is 23.6 Å². The minimum Gasteiger partial charge on any atom is -0.480 e. The molecule has 1 saturated heterocycles. The van der Waals surface area contributed by atoms with Gasteiger partial charge in [-0.3, -0.25) is 19.2 Å². The highest BCUT2D eigenvalue weighted by atomic mass is 79.9. The summed E-state index contributed by atoms with van der Waals surface area (Å²) in [7, 11) is 0. The number of carboxylic acid groups (broad SMARTS) is 1. The van der Waals surface area contributed by atoms with E-state index >= 15 is 0 Å². The lowest BCUT2D eigenvalue weighted by Crippen LogP contribution is -2.59. The molecule has 4 atom stereocenters. The summed E-state index contributed by atoms with van der Waals surface area (Å²) in [6.45, 7) is -0.907. The second kappa shape index (κ2) is 15.3. The van der Waals surface area contributed by atoms with Gasteiger partial charge in [-0.25, -0.2) is 4.79 Å². The van der Waals surface area contributed by atoms with E-state index in [-0.39, 0.29) is 32.4 Å². The van der Waals surface area contributed by atoms with Crippen molar-refractivity contribution in [1.29, 1.82) is 0 Å². The minimum atomic E-state index is -1.39. The number of aliphatic hydroxyl groups is 1. The van der Waals surface area contributed by atoms with Gasteiger partial charge in [0.25, 0.3) is 0 Å². The Labute approximate surface area is 245 Å². The first kappa shape index (κ1) is 31.7. The Balaban J connectivity index is 1.68. The summed E-state index contributed by atoms with van der Waals surface area (Å²) in [4.78, 5) is 64.7. The summed E-state index contributed by atoms with van der Waals surface area (Å²) in [6, 6.07) is 11.3. The molecular formula is C28H34BrN5O7. The number of nitrogens with two attached hydrogens (primary N) is 1. The quantitative estimate of drug-likeness (QED) is 0.174. The zero-order valence-electron chi connectivity index (χ0n) is 22.3. The third kappa shape index (κ3) is 9.10. The Hall–Kier alpha value is -3.81. The van der Waals surface area contributed by atoms with Crippen molar-refractivity contribution in [3.63, 3.8) is 0 Å². The summed E-state index contributed by atoms with van der Waals surface area (Å²) in [5.41, 5.74) is 6.85. The molecule has 4 amide bonds. The summed E-state index contributed by atoms with van der Waals surface area (Å²) < 4.78 is 0.830. The van der Waals surface area contributed by atoms with Crippen LogP contribution in [-0.4, -0.2) is 88.6 Å². The van der Waals surface area contributed by atoms with Crippen molar-refractivity contribution in [3.05, 3.63) is 70.2 Å². The van der Waals surface area contributed by atoms with Gasteiger partial charge in [0.15, 0.2) is 0 Å². The highest BCUT2D eigenvalue weighted by Crippen LogP contribution is 2.20.